The number of hydrogen-bond acceptors (Lipinski definition) is 0. The Bertz CT molecular complexity index is 1990. The second kappa shape index (κ2) is 13.9. The molecule has 0 radical (unpaired) electrons. The van der Waals surface area contributed by atoms with E-state index >= 15 is 0 Å². The van der Waals surface area contributed by atoms with Crippen molar-refractivity contribution in [1.82, 2.24) is 0 Å². The molecule has 4 aromatic carbocycles. The van der Waals surface area contributed by atoms with Gasteiger partial charge in [-0.1, -0.05) is 158 Å². The molecule has 0 heterocycles. The zero-order valence-corrected chi connectivity index (χ0v) is 33.0. The van der Waals surface area contributed by atoms with Crippen LogP contribution >= 0.6 is 0 Å². The van der Waals surface area contributed by atoms with Crippen molar-refractivity contribution < 1.29 is 0 Å². The van der Waals surface area contributed by atoms with Crippen molar-refractivity contribution in [2.75, 3.05) is 0 Å². The summed E-state index contributed by atoms with van der Waals surface area (Å²) in [5, 5.41) is 0. The highest BCUT2D eigenvalue weighted by Crippen LogP contribution is 2.56. The first-order valence-electron chi connectivity index (χ1n) is 19.6. The molecule has 3 aliphatic carbocycles. The van der Waals surface area contributed by atoms with Crippen molar-refractivity contribution in [3.05, 3.63) is 141 Å². The van der Waals surface area contributed by atoms with Crippen LogP contribution in [-0.4, -0.2) is 14.1 Å². The Morgan fingerprint density at radius 1 is 0.700 bits per heavy atom. The minimum Gasteiger partial charge on any atom is -0.0938 e. The van der Waals surface area contributed by atoms with Crippen LogP contribution in [0.4, 0.5) is 0 Å². The number of benzene rings is 4. The van der Waals surface area contributed by atoms with Crippen molar-refractivity contribution in [3.8, 4) is 0 Å². The van der Waals surface area contributed by atoms with Crippen molar-refractivity contribution in [1.29, 1.82) is 0 Å². The molecule has 1 saturated carbocycles. The summed E-state index contributed by atoms with van der Waals surface area (Å²) in [5.74, 6) is 0.833. The van der Waals surface area contributed by atoms with E-state index < -0.39 is 8.41 Å². The number of aryl methyl sites for hydroxylation is 1. The largest absolute Gasteiger partial charge is 0.0938 e. The maximum atomic E-state index is 2.74. The van der Waals surface area contributed by atoms with E-state index in [9.17, 15) is 0 Å². The molecule has 0 saturated heterocycles. The molecule has 1 fully saturated rings. The zero-order valence-electron chi connectivity index (χ0n) is 32.0. The van der Waals surface area contributed by atoms with E-state index in [2.05, 4.69) is 152 Å². The number of hydrogen-bond donors (Lipinski definition) is 0. The van der Waals surface area contributed by atoms with E-state index in [-0.39, 0.29) is 16.7 Å². The summed E-state index contributed by atoms with van der Waals surface area (Å²) < 4.78 is 0. The topological polar surface area (TPSA) is 0 Å². The van der Waals surface area contributed by atoms with Crippen LogP contribution in [0.2, 0.25) is 12.1 Å². The Morgan fingerprint density at radius 3 is 2.10 bits per heavy atom. The lowest BCUT2D eigenvalue weighted by atomic mass is 9.75. The molecule has 258 valence electrons. The average Bonchev–Trinajstić information content (AvgIpc) is 3.68. The third-order valence-corrected chi connectivity index (χ3v) is 15.2. The molecular formula is C49H58Si. The Labute approximate surface area is 305 Å². The highest BCUT2D eigenvalue weighted by molar-refractivity contribution is 6.66. The predicted molar refractivity (Wildman–Crippen MR) is 222 cm³/mol. The summed E-state index contributed by atoms with van der Waals surface area (Å²) in [6.07, 6.45) is 10.2. The summed E-state index contributed by atoms with van der Waals surface area (Å²) in [6.45, 7) is 19.0. The smallest absolute Gasteiger partial charge is 0.0361 e. The lowest BCUT2D eigenvalue weighted by molar-refractivity contribution is 0.442. The third-order valence-electron chi connectivity index (χ3n) is 12.3. The van der Waals surface area contributed by atoms with E-state index in [0.29, 0.717) is 5.92 Å². The number of allylic oxidation sites excluding steroid dienone is 3. The molecule has 0 amide bonds. The van der Waals surface area contributed by atoms with Crippen molar-refractivity contribution in [2.45, 2.75) is 129 Å². The fourth-order valence-corrected chi connectivity index (χ4v) is 11.4. The van der Waals surface area contributed by atoms with Gasteiger partial charge in [-0.25, -0.2) is 0 Å². The molecule has 0 spiro atoms. The first-order chi connectivity index (χ1) is 24.0. The van der Waals surface area contributed by atoms with Crippen molar-refractivity contribution >= 4 is 36.9 Å². The first kappa shape index (κ1) is 34.9. The van der Waals surface area contributed by atoms with Crippen LogP contribution in [0.3, 0.4) is 0 Å². The monoisotopic (exact) mass is 674 g/mol. The highest BCUT2D eigenvalue weighted by Gasteiger charge is 2.37. The van der Waals surface area contributed by atoms with Crippen LogP contribution in [0.15, 0.2) is 84.9 Å². The number of fused-ring (bicyclic) bond motifs is 2. The SMILES string of the molecule is CC[Si](=CC(C)(C)c1ccc(C2=C(C3C(c4ccc(C(C)(C)C)cc4C)=Cc4ccccc43)c3ccccc3C2)c(C2CCCCC2)c1)CC. The van der Waals surface area contributed by atoms with E-state index in [0.717, 1.165) is 6.42 Å². The van der Waals surface area contributed by atoms with Gasteiger partial charge in [0.05, 0.1) is 0 Å². The van der Waals surface area contributed by atoms with Gasteiger partial charge in [0, 0.05) is 19.7 Å². The molecule has 3 aliphatic rings. The van der Waals surface area contributed by atoms with Crippen LogP contribution in [-0.2, 0) is 17.3 Å². The second-order valence-corrected chi connectivity index (χ2v) is 20.1. The van der Waals surface area contributed by atoms with Crippen molar-refractivity contribution in [3.63, 3.8) is 0 Å². The van der Waals surface area contributed by atoms with Gasteiger partial charge >= 0.3 is 0 Å². The minimum absolute atomic E-state index is 0.0785. The summed E-state index contributed by atoms with van der Waals surface area (Å²) in [7, 11) is -0.460. The number of rotatable bonds is 8. The highest BCUT2D eigenvalue weighted by atomic mass is 28.2. The fourth-order valence-electron chi connectivity index (χ4n) is 9.31. The van der Waals surface area contributed by atoms with Gasteiger partial charge in [-0.05, 0) is 128 Å². The molecule has 7 rings (SSSR count). The molecule has 50 heavy (non-hydrogen) atoms. The quantitative estimate of drug-likeness (QED) is 0.163. The zero-order chi connectivity index (χ0) is 35.2. The van der Waals surface area contributed by atoms with Crippen LogP contribution in [0.1, 0.15) is 148 Å². The Kier molecular flexibility index (Phi) is 9.68. The molecule has 1 atom stereocenters. The standard InChI is InChI=1S/C49H58Si/c1-9-50(10-2)32-49(7,8)38-25-27-42(43(31-38)34-18-12-11-13-19-34)45-30-36-21-15-17-23-41(36)47(45)46-40-22-16-14-20-35(40)29-44(46)39-26-24-37(28-33(39)3)48(4,5)6/h14-17,20-29,31-32,34,46H,9-13,18-19,30H2,1-8H3. The Morgan fingerprint density at radius 2 is 1.38 bits per heavy atom. The molecule has 1 heteroatoms. The molecule has 4 aromatic rings. The molecule has 1 unspecified atom stereocenters. The molecule has 0 bridgehead atoms. The van der Waals surface area contributed by atoms with E-state index in [1.165, 1.54) is 105 Å². The summed E-state index contributed by atoms with van der Waals surface area (Å²) in [4.78, 5) is 0. The summed E-state index contributed by atoms with van der Waals surface area (Å²) in [6, 6.07) is 36.1. The second-order valence-electron chi connectivity index (χ2n) is 17.0. The van der Waals surface area contributed by atoms with Gasteiger partial charge in [-0.15, -0.1) is 0 Å². The van der Waals surface area contributed by atoms with Gasteiger partial charge in [-0.3, -0.25) is 0 Å². The molecule has 0 aliphatic heterocycles. The van der Waals surface area contributed by atoms with E-state index in [1.807, 2.05) is 0 Å². The fraction of sp³-hybridized carbons (Fsp3) is 0.408. The van der Waals surface area contributed by atoms with E-state index in [4.69, 9.17) is 0 Å². The normalized spacial score (nSPS) is 17.8. The van der Waals surface area contributed by atoms with E-state index in [1.54, 1.807) is 11.1 Å². The Balaban J connectivity index is 1.45. The van der Waals surface area contributed by atoms with Crippen LogP contribution in [0.5, 0.6) is 0 Å². The average molecular weight is 675 g/mol. The van der Waals surface area contributed by atoms with Gasteiger partial charge in [-0.2, -0.15) is 0 Å². The Hall–Kier alpha value is -3.55. The summed E-state index contributed by atoms with van der Waals surface area (Å²) >= 11 is 0. The maximum absolute atomic E-state index is 2.74. The molecule has 0 aromatic heterocycles. The van der Waals surface area contributed by atoms with Gasteiger partial charge in [0.2, 0.25) is 0 Å². The molecule has 0 nitrogen and oxygen atoms in total. The maximum Gasteiger partial charge on any atom is 0.0361 e. The van der Waals surface area contributed by atoms with Crippen LogP contribution < -0.4 is 0 Å². The predicted octanol–water partition coefficient (Wildman–Crippen LogP) is 13.3. The first-order valence-corrected chi connectivity index (χ1v) is 21.6. The van der Waals surface area contributed by atoms with Crippen molar-refractivity contribution in [2.24, 2.45) is 0 Å². The minimum atomic E-state index is -0.460. The molecular weight excluding hydrogens is 617 g/mol. The molecule has 0 N–H and O–H groups in total. The van der Waals surface area contributed by atoms with Crippen LogP contribution in [0, 0.1) is 6.92 Å². The summed E-state index contributed by atoms with van der Waals surface area (Å²) in [5.41, 5.74) is 22.0. The lowest BCUT2D eigenvalue weighted by Crippen LogP contribution is -2.25. The third kappa shape index (κ3) is 6.52. The van der Waals surface area contributed by atoms with Gasteiger partial charge in [0.15, 0.2) is 0 Å². The lowest BCUT2D eigenvalue weighted by Gasteiger charge is -2.30. The van der Waals surface area contributed by atoms with Gasteiger partial charge < -0.3 is 0 Å². The van der Waals surface area contributed by atoms with Gasteiger partial charge in [0.25, 0.3) is 0 Å². The van der Waals surface area contributed by atoms with Gasteiger partial charge in [0.1, 0.15) is 0 Å². The van der Waals surface area contributed by atoms with Crippen LogP contribution in [0.25, 0.3) is 22.8 Å².